The van der Waals surface area contributed by atoms with Crippen LogP contribution in [0, 0.1) is 5.92 Å². The van der Waals surface area contributed by atoms with Crippen molar-refractivity contribution < 1.29 is 29.2 Å². The van der Waals surface area contributed by atoms with Crippen molar-refractivity contribution in [3.8, 4) is 0 Å². The molecular weight excluding hydrogens is 717 g/mol. The number of hydrogen-bond acceptors (Lipinski definition) is 9. The maximum atomic E-state index is 13.4. The van der Waals surface area contributed by atoms with Gasteiger partial charge in [-0.25, -0.2) is 0 Å². The number of piperidine rings is 2. The lowest BCUT2D eigenvalue weighted by Crippen LogP contribution is -2.54. The van der Waals surface area contributed by atoms with Crippen molar-refractivity contribution in [2.75, 3.05) is 55.6 Å². The van der Waals surface area contributed by atoms with E-state index in [1.54, 1.807) is 24.3 Å². The number of fused-ring (bicyclic) bond motifs is 1. The van der Waals surface area contributed by atoms with Gasteiger partial charge >= 0.3 is 7.12 Å². The van der Waals surface area contributed by atoms with Crippen LogP contribution in [0.5, 0.6) is 0 Å². The summed E-state index contributed by atoms with van der Waals surface area (Å²) in [5.41, 5.74) is 8.91. The van der Waals surface area contributed by atoms with Crippen molar-refractivity contribution in [1.82, 2.24) is 15.1 Å². The van der Waals surface area contributed by atoms with Gasteiger partial charge < -0.3 is 19.8 Å². The summed E-state index contributed by atoms with van der Waals surface area (Å²) in [6.45, 7) is 8.69. The van der Waals surface area contributed by atoms with Crippen molar-refractivity contribution >= 4 is 58.7 Å². The van der Waals surface area contributed by atoms with Gasteiger partial charge in [0.1, 0.15) is 6.04 Å². The van der Waals surface area contributed by atoms with E-state index in [2.05, 4.69) is 75.5 Å². The van der Waals surface area contributed by atoms with Crippen LogP contribution < -0.4 is 20.6 Å². The molecule has 0 radical (unpaired) electrons. The molecule has 4 aliphatic rings. The monoisotopic (exact) mass is 765 g/mol. The molecule has 57 heavy (non-hydrogen) atoms. The minimum atomic E-state index is -1.51. The highest BCUT2D eigenvalue weighted by molar-refractivity contribution is 6.58. The lowest BCUT2D eigenvalue weighted by atomic mass is 9.79. The van der Waals surface area contributed by atoms with Gasteiger partial charge in [-0.15, -0.1) is 0 Å². The SMILES string of the molecule is CC/C(=C(\c1ccc(B(O)O)cc1)c1ccc(N2CCC(CN3CCN(c4ccc5c(c4)C(=O)N(C4CCC(=O)NC4=O)C5=O)CC3)CC2)cc1)c1ccccc1. The third kappa shape index (κ3) is 7.90. The molecule has 0 aromatic heterocycles. The number of benzene rings is 4. The van der Waals surface area contributed by atoms with E-state index in [1.807, 2.05) is 24.3 Å². The molecule has 4 aromatic carbocycles. The summed E-state index contributed by atoms with van der Waals surface area (Å²) in [4.78, 5) is 58.9. The summed E-state index contributed by atoms with van der Waals surface area (Å²) in [7, 11) is -1.51. The number of anilines is 2. The summed E-state index contributed by atoms with van der Waals surface area (Å²) in [5.74, 6) is -1.33. The van der Waals surface area contributed by atoms with Crippen LogP contribution >= 0.6 is 0 Å². The fourth-order valence-electron chi connectivity index (χ4n) is 8.92. The summed E-state index contributed by atoms with van der Waals surface area (Å²) < 4.78 is 0. The van der Waals surface area contributed by atoms with Crippen LogP contribution in [-0.4, -0.2) is 102 Å². The molecule has 1 atom stereocenters. The highest BCUT2D eigenvalue weighted by Crippen LogP contribution is 2.36. The summed E-state index contributed by atoms with van der Waals surface area (Å²) in [5, 5.41) is 21.6. The second kappa shape index (κ2) is 16.5. The molecule has 0 bridgehead atoms. The molecule has 11 nitrogen and oxygen atoms in total. The topological polar surface area (TPSA) is 134 Å². The zero-order valence-corrected chi connectivity index (χ0v) is 32.3. The Labute approximate surface area is 333 Å². The lowest BCUT2D eigenvalue weighted by Gasteiger charge is -2.40. The summed E-state index contributed by atoms with van der Waals surface area (Å²) in [6.07, 6.45) is 3.32. The molecule has 3 N–H and O–H groups in total. The predicted molar refractivity (Wildman–Crippen MR) is 222 cm³/mol. The molecule has 1 unspecified atom stereocenters. The first-order valence-electron chi connectivity index (χ1n) is 20.1. The zero-order valence-electron chi connectivity index (χ0n) is 32.3. The molecule has 3 fully saturated rings. The summed E-state index contributed by atoms with van der Waals surface area (Å²) in [6, 6.07) is 31.2. The fourth-order valence-corrected chi connectivity index (χ4v) is 8.92. The molecule has 4 amide bonds. The average molecular weight is 766 g/mol. The van der Waals surface area contributed by atoms with Crippen LogP contribution in [0.25, 0.3) is 11.1 Å². The van der Waals surface area contributed by atoms with E-state index in [0.717, 1.165) is 92.4 Å². The first kappa shape index (κ1) is 38.3. The van der Waals surface area contributed by atoms with Crippen LogP contribution in [0.4, 0.5) is 11.4 Å². The van der Waals surface area contributed by atoms with E-state index in [4.69, 9.17) is 0 Å². The van der Waals surface area contributed by atoms with Gasteiger partial charge in [-0.1, -0.05) is 73.7 Å². The molecular formula is C45H48BN5O6. The quantitative estimate of drug-likeness (QED) is 0.124. The Hall–Kier alpha value is -5.56. The van der Waals surface area contributed by atoms with Crippen molar-refractivity contribution in [1.29, 1.82) is 0 Å². The van der Waals surface area contributed by atoms with Crippen molar-refractivity contribution in [3.05, 3.63) is 125 Å². The van der Waals surface area contributed by atoms with Gasteiger partial charge in [-0.05, 0) is 95.2 Å². The highest BCUT2D eigenvalue weighted by atomic mass is 16.4. The Kier molecular flexibility index (Phi) is 11.1. The minimum absolute atomic E-state index is 0.0966. The van der Waals surface area contributed by atoms with Crippen LogP contribution in [-0.2, 0) is 9.59 Å². The number of nitrogens with zero attached hydrogens (tertiary/aromatic N) is 4. The number of carbonyl (C=O) groups is 4. The largest absolute Gasteiger partial charge is 0.488 e. The van der Waals surface area contributed by atoms with Gasteiger partial charge in [-0.3, -0.25) is 34.3 Å². The third-order valence-corrected chi connectivity index (χ3v) is 12.1. The molecule has 4 aliphatic heterocycles. The van der Waals surface area contributed by atoms with Crippen LogP contribution in [0.2, 0.25) is 0 Å². The maximum Gasteiger partial charge on any atom is 0.488 e. The van der Waals surface area contributed by atoms with Crippen molar-refractivity contribution in [3.63, 3.8) is 0 Å². The number of rotatable bonds is 10. The van der Waals surface area contributed by atoms with Gasteiger partial charge in [0.2, 0.25) is 11.8 Å². The van der Waals surface area contributed by atoms with Crippen LogP contribution in [0.3, 0.4) is 0 Å². The van der Waals surface area contributed by atoms with Crippen LogP contribution in [0.15, 0.2) is 97.1 Å². The third-order valence-electron chi connectivity index (χ3n) is 12.1. The van der Waals surface area contributed by atoms with E-state index in [1.165, 1.54) is 16.8 Å². The standard InChI is InChI=1S/C45H48BN5O6/c1-2-37(31-6-4-3-5-7-31)42(32-8-12-34(13-9-32)46(56)57)33-10-14-35(15-11-33)49-22-20-30(21-23-49)29-48-24-26-50(27-25-48)36-16-17-38-39(28-36)45(55)51(44(38)54)40-18-19-41(52)47-43(40)53/h3-17,28,30,40,56-57H,2,18-27,29H2,1H3,(H,47,52,53)/b42-37-. The van der Waals surface area contributed by atoms with Gasteiger partial charge in [0, 0.05) is 63.6 Å². The second-order valence-corrected chi connectivity index (χ2v) is 15.5. The lowest BCUT2D eigenvalue weighted by molar-refractivity contribution is -0.136. The second-order valence-electron chi connectivity index (χ2n) is 15.5. The fraction of sp³-hybridized carbons (Fsp3) is 0.333. The van der Waals surface area contributed by atoms with Gasteiger partial charge in [0.25, 0.3) is 11.8 Å². The van der Waals surface area contributed by atoms with Gasteiger partial charge in [-0.2, -0.15) is 0 Å². The van der Waals surface area contributed by atoms with Crippen LogP contribution in [0.1, 0.15) is 76.4 Å². The normalized spacial score (nSPS) is 19.8. The van der Waals surface area contributed by atoms with E-state index in [-0.39, 0.29) is 18.7 Å². The molecule has 8 rings (SSSR count). The Bertz CT molecular complexity index is 2180. The van der Waals surface area contributed by atoms with Crippen molar-refractivity contribution in [2.24, 2.45) is 5.92 Å². The maximum absolute atomic E-state index is 13.4. The molecule has 4 aromatic rings. The minimum Gasteiger partial charge on any atom is -0.423 e. The first-order valence-corrected chi connectivity index (χ1v) is 20.1. The Morgan fingerprint density at radius 2 is 1.30 bits per heavy atom. The average Bonchev–Trinajstić information content (AvgIpc) is 3.48. The first-order chi connectivity index (χ1) is 27.7. The van der Waals surface area contributed by atoms with Gasteiger partial charge in [0.05, 0.1) is 11.1 Å². The predicted octanol–water partition coefficient (Wildman–Crippen LogP) is 4.18. The Balaban J connectivity index is 0.866. The van der Waals surface area contributed by atoms with E-state index < -0.39 is 30.9 Å². The summed E-state index contributed by atoms with van der Waals surface area (Å²) >= 11 is 0. The Morgan fingerprint density at radius 3 is 1.93 bits per heavy atom. The van der Waals surface area contributed by atoms with Gasteiger partial charge in [0.15, 0.2) is 0 Å². The number of amides is 4. The van der Waals surface area contributed by atoms with Crippen molar-refractivity contribution in [2.45, 2.75) is 45.1 Å². The van der Waals surface area contributed by atoms with E-state index in [0.29, 0.717) is 22.5 Å². The number of allylic oxidation sites excluding steroid dienone is 1. The molecule has 0 spiro atoms. The van der Waals surface area contributed by atoms with E-state index in [9.17, 15) is 29.2 Å². The highest BCUT2D eigenvalue weighted by Gasteiger charge is 2.45. The zero-order chi connectivity index (χ0) is 39.6. The Morgan fingerprint density at radius 1 is 0.684 bits per heavy atom. The molecule has 12 heteroatoms. The van der Waals surface area contributed by atoms with E-state index >= 15 is 0 Å². The smallest absolute Gasteiger partial charge is 0.423 e. The molecule has 0 aliphatic carbocycles. The molecule has 4 heterocycles. The number of hydrogen-bond donors (Lipinski definition) is 3. The number of carbonyl (C=O) groups excluding carboxylic acids is 4. The number of piperazine rings is 1. The molecule has 0 saturated carbocycles. The number of nitrogens with one attached hydrogen (secondary N) is 1. The molecule has 3 saturated heterocycles. The molecule has 292 valence electrons. The number of imide groups is 2.